The van der Waals surface area contributed by atoms with Gasteiger partial charge in [-0.25, -0.2) is 8.78 Å². The van der Waals surface area contributed by atoms with E-state index in [2.05, 4.69) is 12.2 Å². The maximum absolute atomic E-state index is 14.0. The third kappa shape index (κ3) is 2.22. The zero-order valence-electron chi connectivity index (χ0n) is 11.2. The van der Waals surface area contributed by atoms with Crippen molar-refractivity contribution in [1.29, 1.82) is 0 Å². The molecule has 1 aromatic rings. The Morgan fingerprint density at radius 3 is 2.26 bits per heavy atom. The van der Waals surface area contributed by atoms with E-state index in [1.165, 1.54) is 18.2 Å². The molecule has 104 valence electrons. The van der Waals surface area contributed by atoms with Crippen molar-refractivity contribution < 1.29 is 8.78 Å². The molecule has 2 fully saturated rings. The fraction of sp³-hybridized carbons (Fsp3) is 0.600. The fourth-order valence-electron chi connectivity index (χ4n) is 3.73. The van der Waals surface area contributed by atoms with E-state index in [9.17, 15) is 8.78 Å². The molecule has 4 heteroatoms. The summed E-state index contributed by atoms with van der Waals surface area (Å²) < 4.78 is 27.9. The van der Waals surface area contributed by atoms with E-state index in [1.54, 1.807) is 0 Å². The van der Waals surface area contributed by atoms with Gasteiger partial charge in [0, 0.05) is 18.1 Å². The van der Waals surface area contributed by atoms with E-state index in [1.807, 2.05) is 4.90 Å². The molecule has 0 aromatic heterocycles. The lowest BCUT2D eigenvalue weighted by molar-refractivity contribution is 0.355. The molecule has 2 nitrogen and oxygen atoms in total. The Morgan fingerprint density at radius 2 is 1.74 bits per heavy atom. The summed E-state index contributed by atoms with van der Waals surface area (Å²) in [6, 6.07) is 5.18. The number of hydrogen-bond donors (Lipinski definition) is 1. The standard InChI is InChI=1S/C15H20F2N2/c1-2-18-10-8-11-6-7-12(9-10)19(11)15-13(16)4-3-5-14(15)17/h3-5,10-12,18H,2,6-9H2,1H3. The number of anilines is 1. The SMILES string of the molecule is CCNC1CC2CCC(C1)N2c1c(F)cccc1F. The van der Waals surface area contributed by atoms with Gasteiger partial charge in [0.1, 0.15) is 17.3 Å². The van der Waals surface area contributed by atoms with Crippen LogP contribution in [0.15, 0.2) is 18.2 Å². The number of fused-ring (bicyclic) bond motifs is 2. The first kappa shape index (κ1) is 12.9. The molecule has 2 saturated heterocycles. The predicted molar refractivity (Wildman–Crippen MR) is 72.3 cm³/mol. The number of halogens is 2. The van der Waals surface area contributed by atoms with E-state index in [-0.39, 0.29) is 17.8 Å². The Kier molecular flexibility index (Phi) is 3.44. The average molecular weight is 266 g/mol. The maximum atomic E-state index is 14.0. The lowest BCUT2D eigenvalue weighted by Gasteiger charge is -2.41. The number of piperidine rings is 1. The van der Waals surface area contributed by atoms with Crippen LogP contribution in [0.2, 0.25) is 0 Å². The molecule has 0 amide bonds. The van der Waals surface area contributed by atoms with E-state index in [0.29, 0.717) is 6.04 Å². The third-order valence-corrected chi connectivity index (χ3v) is 4.42. The summed E-state index contributed by atoms with van der Waals surface area (Å²) in [6.07, 6.45) is 4.05. The smallest absolute Gasteiger partial charge is 0.149 e. The van der Waals surface area contributed by atoms with Gasteiger partial charge in [0.15, 0.2) is 0 Å². The molecule has 2 unspecified atom stereocenters. The summed E-state index contributed by atoms with van der Waals surface area (Å²) in [5.74, 6) is -0.863. The molecule has 2 aliphatic rings. The molecule has 0 aliphatic carbocycles. The zero-order valence-corrected chi connectivity index (χ0v) is 11.2. The molecule has 0 saturated carbocycles. The normalized spacial score (nSPS) is 29.8. The molecule has 1 N–H and O–H groups in total. The van der Waals surface area contributed by atoms with Crippen LogP contribution in [0.4, 0.5) is 14.5 Å². The molecule has 0 spiro atoms. The predicted octanol–water partition coefficient (Wildman–Crippen LogP) is 3.07. The van der Waals surface area contributed by atoms with Crippen molar-refractivity contribution in [2.24, 2.45) is 0 Å². The van der Waals surface area contributed by atoms with Gasteiger partial charge in [-0.2, -0.15) is 0 Å². The van der Waals surface area contributed by atoms with Crippen LogP contribution in [-0.2, 0) is 0 Å². The summed E-state index contributed by atoms with van der Waals surface area (Å²) in [7, 11) is 0. The van der Waals surface area contributed by atoms with Gasteiger partial charge in [-0.15, -0.1) is 0 Å². The molecule has 2 heterocycles. The first-order valence-electron chi connectivity index (χ1n) is 7.16. The van der Waals surface area contributed by atoms with Crippen molar-refractivity contribution >= 4 is 5.69 Å². The van der Waals surface area contributed by atoms with Gasteiger partial charge in [0.25, 0.3) is 0 Å². The van der Waals surface area contributed by atoms with Crippen molar-refractivity contribution in [1.82, 2.24) is 5.32 Å². The summed E-state index contributed by atoms with van der Waals surface area (Å²) in [5, 5.41) is 3.47. The van der Waals surface area contributed by atoms with Crippen molar-refractivity contribution in [2.45, 2.75) is 50.7 Å². The molecule has 2 bridgehead atoms. The molecule has 3 rings (SSSR count). The topological polar surface area (TPSA) is 15.3 Å². The molecule has 0 radical (unpaired) electrons. The number of hydrogen-bond acceptors (Lipinski definition) is 2. The molecular weight excluding hydrogens is 246 g/mol. The summed E-state index contributed by atoms with van der Waals surface area (Å²) in [6.45, 7) is 3.06. The second-order valence-electron chi connectivity index (χ2n) is 5.59. The second-order valence-corrected chi connectivity index (χ2v) is 5.59. The van der Waals surface area contributed by atoms with E-state index >= 15 is 0 Å². The van der Waals surface area contributed by atoms with Crippen molar-refractivity contribution in [2.75, 3.05) is 11.4 Å². The highest BCUT2D eigenvalue weighted by Crippen LogP contribution is 2.41. The quantitative estimate of drug-likeness (QED) is 0.904. The van der Waals surface area contributed by atoms with Crippen LogP contribution in [0.1, 0.15) is 32.6 Å². The minimum atomic E-state index is -0.432. The Morgan fingerprint density at radius 1 is 1.16 bits per heavy atom. The van der Waals surface area contributed by atoms with Crippen LogP contribution >= 0.6 is 0 Å². The highest BCUT2D eigenvalue weighted by Gasteiger charge is 2.42. The average Bonchev–Trinajstić information content (AvgIpc) is 2.63. The Labute approximate surface area is 112 Å². The van der Waals surface area contributed by atoms with Gasteiger partial charge < -0.3 is 10.2 Å². The monoisotopic (exact) mass is 266 g/mol. The van der Waals surface area contributed by atoms with E-state index in [0.717, 1.165) is 32.2 Å². The van der Waals surface area contributed by atoms with E-state index < -0.39 is 11.6 Å². The highest BCUT2D eigenvalue weighted by molar-refractivity contribution is 5.53. The fourth-order valence-corrected chi connectivity index (χ4v) is 3.73. The zero-order chi connectivity index (χ0) is 13.4. The first-order chi connectivity index (χ1) is 9.20. The lowest BCUT2D eigenvalue weighted by Crippen LogP contribution is -2.49. The molecule has 1 aromatic carbocycles. The third-order valence-electron chi connectivity index (χ3n) is 4.42. The summed E-state index contributed by atoms with van der Waals surface area (Å²) in [4.78, 5) is 2.00. The molecule has 19 heavy (non-hydrogen) atoms. The van der Waals surface area contributed by atoms with Gasteiger partial charge >= 0.3 is 0 Å². The maximum Gasteiger partial charge on any atom is 0.149 e. The number of nitrogens with zero attached hydrogens (tertiary/aromatic N) is 1. The number of rotatable bonds is 3. The molecule has 2 aliphatic heterocycles. The van der Waals surface area contributed by atoms with E-state index in [4.69, 9.17) is 0 Å². The minimum absolute atomic E-state index is 0.185. The Balaban J connectivity index is 1.88. The van der Waals surface area contributed by atoms with Gasteiger partial charge in [0.05, 0.1) is 0 Å². The minimum Gasteiger partial charge on any atom is -0.361 e. The van der Waals surface area contributed by atoms with Crippen molar-refractivity contribution in [3.63, 3.8) is 0 Å². The van der Waals surface area contributed by atoms with Crippen LogP contribution in [0, 0.1) is 11.6 Å². The Bertz CT molecular complexity index is 429. The summed E-state index contributed by atoms with van der Waals surface area (Å²) in [5.41, 5.74) is 0.185. The van der Waals surface area contributed by atoms with Crippen LogP contribution in [0.3, 0.4) is 0 Å². The van der Waals surface area contributed by atoms with Crippen molar-refractivity contribution in [3.8, 4) is 0 Å². The highest BCUT2D eigenvalue weighted by atomic mass is 19.1. The summed E-state index contributed by atoms with van der Waals surface area (Å²) >= 11 is 0. The van der Waals surface area contributed by atoms with Crippen LogP contribution < -0.4 is 10.2 Å². The van der Waals surface area contributed by atoms with Gasteiger partial charge in [-0.1, -0.05) is 13.0 Å². The number of nitrogens with one attached hydrogen (secondary N) is 1. The van der Waals surface area contributed by atoms with Crippen LogP contribution in [0.25, 0.3) is 0 Å². The van der Waals surface area contributed by atoms with Crippen LogP contribution in [0.5, 0.6) is 0 Å². The second kappa shape index (κ2) is 5.08. The van der Waals surface area contributed by atoms with Crippen LogP contribution in [-0.4, -0.2) is 24.7 Å². The lowest BCUT2D eigenvalue weighted by atomic mass is 9.96. The number of para-hydroxylation sites is 1. The number of benzene rings is 1. The van der Waals surface area contributed by atoms with Gasteiger partial charge in [-0.3, -0.25) is 0 Å². The largest absolute Gasteiger partial charge is 0.361 e. The molecular formula is C15H20F2N2. The van der Waals surface area contributed by atoms with Gasteiger partial charge in [-0.05, 0) is 44.4 Å². The van der Waals surface area contributed by atoms with Crippen molar-refractivity contribution in [3.05, 3.63) is 29.8 Å². The Hall–Kier alpha value is -1.16. The van der Waals surface area contributed by atoms with Gasteiger partial charge in [0.2, 0.25) is 0 Å². The molecule has 2 atom stereocenters. The first-order valence-corrected chi connectivity index (χ1v) is 7.16.